The molecule has 0 unspecified atom stereocenters. The Balaban J connectivity index is 1.08. The molecule has 9 rings (SSSR count). The van der Waals surface area contributed by atoms with Gasteiger partial charge in [-0.3, -0.25) is 19.4 Å². The fourth-order valence-electron chi connectivity index (χ4n) is 9.37. The number of fused-ring (bicyclic) bond motifs is 3. The van der Waals surface area contributed by atoms with Crippen molar-refractivity contribution < 1.29 is 18.8 Å². The van der Waals surface area contributed by atoms with Gasteiger partial charge < -0.3 is 23.5 Å². The lowest BCUT2D eigenvalue weighted by Crippen LogP contribution is -2.43. The number of benzene rings is 4. The van der Waals surface area contributed by atoms with Gasteiger partial charge in [0, 0.05) is 97.0 Å². The van der Waals surface area contributed by atoms with Crippen LogP contribution >= 0.6 is 11.6 Å². The Morgan fingerprint density at radius 1 is 0.758 bits per heavy atom. The predicted molar refractivity (Wildman–Crippen MR) is 253 cm³/mol. The van der Waals surface area contributed by atoms with E-state index in [9.17, 15) is 4.79 Å². The quantitative estimate of drug-likeness (QED) is 0.130. The topological polar surface area (TPSA) is 70.5 Å². The molecule has 1 saturated heterocycles. The SMILES string of the molecule is CC(C)(C)[Si](C)(C)Oc1ccc(N(C(=O)c2cc(-c3cc(Cl)ccc3C(=O)N3CCc4ccccc4C3)n3c2CCCC3)c2ccc3c(c2)CCN3CCN2CCOCC2)cc1. The third-order valence-corrected chi connectivity index (χ3v) is 18.6. The average Bonchev–Trinajstić information content (AvgIpc) is 3.87. The molecule has 5 heterocycles. The Bertz CT molecular complexity index is 2470. The van der Waals surface area contributed by atoms with Crippen molar-refractivity contribution >= 4 is 48.8 Å². The zero-order chi connectivity index (χ0) is 43.2. The van der Waals surface area contributed by atoms with Crippen LogP contribution in [0.2, 0.25) is 23.2 Å². The van der Waals surface area contributed by atoms with Gasteiger partial charge in [0.25, 0.3) is 11.8 Å². The molecular formula is C51H60ClN5O4Si. The molecule has 4 aliphatic rings. The van der Waals surface area contributed by atoms with Crippen LogP contribution in [0.1, 0.15) is 76.7 Å². The number of carbonyl (C=O) groups is 2. The van der Waals surface area contributed by atoms with E-state index in [0.29, 0.717) is 29.2 Å². The van der Waals surface area contributed by atoms with Gasteiger partial charge in [-0.25, -0.2) is 0 Å². The predicted octanol–water partition coefficient (Wildman–Crippen LogP) is 10.4. The van der Waals surface area contributed by atoms with Crippen LogP contribution in [0.5, 0.6) is 5.75 Å². The Morgan fingerprint density at radius 2 is 1.50 bits per heavy atom. The Morgan fingerprint density at radius 3 is 2.27 bits per heavy atom. The lowest BCUT2D eigenvalue weighted by Gasteiger charge is -2.36. The van der Waals surface area contributed by atoms with Gasteiger partial charge in [0.15, 0.2) is 0 Å². The number of rotatable bonds is 10. The van der Waals surface area contributed by atoms with Gasteiger partial charge in [-0.05, 0) is 134 Å². The highest BCUT2D eigenvalue weighted by Crippen LogP contribution is 2.41. The Hall–Kier alpha value is -4.87. The van der Waals surface area contributed by atoms with Crippen molar-refractivity contribution in [2.75, 3.05) is 62.3 Å². The van der Waals surface area contributed by atoms with Crippen LogP contribution in [0, 0.1) is 0 Å². The van der Waals surface area contributed by atoms with Crippen LogP contribution in [-0.4, -0.2) is 87.0 Å². The lowest BCUT2D eigenvalue weighted by atomic mass is 9.97. The molecule has 0 radical (unpaired) electrons. The number of aromatic nitrogens is 1. The molecular weight excluding hydrogens is 810 g/mol. The molecule has 1 aromatic heterocycles. The summed E-state index contributed by atoms with van der Waals surface area (Å²) >= 11 is 6.75. The molecule has 0 N–H and O–H groups in total. The summed E-state index contributed by atoms with van der Waals surface area (Å²) in [5.74, 6) is 0.699. The monoisotopic (exact) mass is 869 g/mol. The van der Waals surface area contributed by atoms with Gasteiger partial charge in [-0.2, -0.15) is 0 Å². The third-order valence-electron chi connectivity index (χ3n) is 14.0. The smallest absolute Gasteiger partial charge is 0.264 e. The van der Waals surface area contributed by atoms with Gasteiger partial charge in [-0.1, -0.05) is 56.6 Å². The number of carbonyl (C=O) groups excluding carboxylic acids is 2. The summed E-state index contributed by atoms with van der Waals surface area (Å²) in [6.45, 7) is 19.7. The normalized spacial score (nSPS) is 16.7. The number of ether oxygens (including phenoxy) is 1. The van der Waals surface area contributed by atoms with Crippen molar-refractivity contribution in [2.24, 2.45) is 0 Å². The van der Waals surface area contributed by atoms with E-state index in [2.05, 4.69) is 84.6 Å². The van der Waals surface area contributed by atoms with Crippen LogP contribution in [0.3, 0.4) is 0 Å². The molecule has 11 heteroatoms. The molecule has 0 spiro atoms. The largest absolute Gasteiger partial charge is 0.544 e. The maximum absolute atomic E-state index is 15.6. The first-order chi connectivity index (χ1) is 29.8. The first-order valence-corrected chi connectivity index (χ1v) is 25.8. The molecule has 4 aromatic carbocycles. The molecule has 5 aromatic rings. The number of anilines is 3. The number of halogens is 1. The summed E-state index contributed by atoms with van der Waals surface area (Å²) < 4.78 is 14.5. The molecule has 4 aliphatic heterocycles. The summed E-state index contributed by atoms with van der Waals surface area (Å²) in [7, 11) is -2.09. The van der Waals surface area contributed by atoms with Crippen molar-refractivity contribution in [3.05, 3.63) is 130 Å². The summed E-state index contributed by atoms with van der Waals surface area (Å²) in [5.41, 5.74) is 10.5. The van der Waals surface area contributed by atoms with Gasteiger partial charge in [0.1, 0.15) is 5.75 Å². The molecule has 0 aliphatic carbocycles. The maximum atomic E-state index is 15.6. The lowest BCUT2D eigenvalue weighted by molar-refractivity contribution is 0.0392. The highest BCUT2D eigenvalue weighted by molar-refractivity contribution is 6.74. The van der Waals surface area contributed by atoms with E-state index in [4.69, 9.17) is 20.8 Å². The first-order valence-electron chi connectivity index (χ1n) is 22.5. The second-order valence-corrected chi connectivity index (χ2v) is 24.1. The van der Waals surface area contributed by atoms with Crippen molar-refractivity contribution in [3.63, 3.8) is 0 Å². The summed E-state index contributed by atoms with van der Waals surface area (Å²) in [6.07, 6.45) is 4.48. The van der Waals surface area contributed by atoms with E-state index >= 15 is 4.79 Å². The number of hydrogen-bond acceptors (Lipinski definition) is 6. The average molecular weight is 871 g/mol. The van der Waals surface area contributed by atoms with E-state index in [0.717, 1.165) is 119 Å². The van der Waals surface area contributed by atoms with E-state index in [-0.39, 0.29) is 16.9 Å². The van der Waals surface area contributed by atoms with Crippen molar-refractivity contribution in [3.8, 4) is 17.0 Å². The van der Waals surface area contributed by atoms with Crippen LogP contribution < -0.4 is 14.2 Å². The number of morpholine rings is 1. The minimum absolute atomic E-state index is 0.0239. The molecule has 62 heavy (non-hydrogen) atoms. The molecule has 0 saturated carbocycles. The van der Waals surface area contributed by atoms with Gasteiger partial charge in [0.2, 0.25) is 8.32 Å². The molecule has 9 nitrogen and oxygen atoms in total. The molecule has 0 atom stereocenters. The minimum Gasteiger partial charge on any atom is -0.544 e. The highest BCUT2D eigenvalue weighted by atomic mass is 35.5. The van der Waals surface area contributed by atoms with E-state index < -0.39 is 8.32 Å². The van der Waals surface area contributed by atoms with E-state index in [1.807, 2.05) is 58.3 Å². The van der Waals surface area contributed by atoms with E-state index in [1.54, 1.807) is 6.07 Å². The Kier molecular flexibility index (Phi) is 11.9. The maximum Gasteiger partial charge on any atom is 0.264 e. The fraction of sp³-hybridized carbons (Fsp3) is 0.412. The van der Waals surface area contributed by atoms with Gasteiger partial charge in [0.05, 0.1) is 18.8 Å². The highest BCUT2D eigenvalue weighted by Gasteiger charge is 2.39. The second kappa shape index (κ2) is 17.4. The van der Waals surface area contributed by atoms with Crippen LogP contribution in [0.4, 0.5) is 17.1 Å². The van der Waals surface area contributed by atoms with Crippen LogP contribution in [0.15, 0.2) is 91.0 Å². The van der Waals surface area contributed by atoms with Crippen LogP contribution in [0.25, 0.3) is 11.3 Å². The van der Waals surface area contributed by atoms with Crippen molar-refractivity contribution in [1.29, 1.82) is 0 Å². The summed E-state index contributed by atoms with van der Waals surface area (Å²) in [5, 5.41) is 0.603. The molecule has 2 amide bonds. The molecule has 1 fully saturated rings. The minimum atomic E-state index is -2.09. The Labute approximate surface area is 373 Å². The second-order valence-electron chi connectivity index (χ2n) is 18.9. The number of amides is 2. The molecule has 324 valence electrons. The standard InChI is InChI=1S/C51H60ClN5O4Si/c1-51(2,3)62(4,5)61-42-17-14-40(15-18-42)57(41-16-20-46-37(32-41)22-24-54(46)27-26-53-28-30-60-31-29-53)50(59)45-34-48(56-23-9-8-12-47(45)56)44-33-39(52)13-19-43(44)49(58)55-25-21-36-10-6-7-11-38(36)35-55/h6-7,10-11,13-20,32-34H,8-9,12,21-31,35H2,1-5H3. The first kappa shape index (κ1) is 42.4. The molecule has 0 bridgehead atoms. The zero-order valence-corrected chi connectivity index (χ0v) is 38.8. The number of nitrogens with zero attached hydrogens (tertiary/aromatic N) is 5. The zero-order valence-electron chi connectivity index (χ0n) is 37.0. The van der Waals surface area contributed by atoms with E-state index in [1.165, 1.54) is 22.4 Å². The summed E-state index contributed by atoms with van der Waals surface area (Å²) in [6, 6.07) is 30.6. The van der Waals surface area contributed by atoms with Crippen LogP contribution in [-0.2, 0) is 37.1 Å². The van der Waals surface area contributed by atoms with Gasteiger partial charge in [-0.15, -0.1) is 0 Å². The van der Waals surface area contributed by atoms with Crippen molar-refractivity contribution in [2.45, 2.75) is 84.1 Å². The number of hydrogen-bond donors (Lipinski definition) is 0. The van der Waals surface area contributed by atoms with Gasteiger partial charge >= 0.3 is 0 Å². The fourth-order valence-corrected chi connectivity index (χ4v) is 10.6. The summed E-state index contributed by atoms with van der Waals surface area (Å²) in [4.78, 5) is 38.8. The third kappa shape index (κ3) is 8.47. The van der Waals surface area contributed by atoms with Crippen molar-refractivity contribution in [1.82, 2.24) is 14.4 Å².